The van der Waals surface area contributed by atoms with E-state index in [0.717, 1.165) is 30.0 Å². The molecule has 2 aromatic rings. The van der Waals surface area contributed by atoms with Crippen LogP contribution in [0.5, 0.6) is 5.75 Å². The van der Waals surface area contributed by atoms with E-state index in [2.05, 4.69) is 34.5 Å². The molecular formula is C25H33N3O3. The fourth-order valence-corrected chi connectivity index (χ4v) is 3.99. The summed E-state index contributed by atoms with van der Waals surface area (Å²) < 4.78 is 5.20. The van der Waals surface area contributed by atoms with Gasteiger partial charge in [-0.25, -0.2) is 0 Å². The summed E-state index contributed by atoms with van der Waals surface area (Å²) in [4.78, 5) is 28.7. The molecule has 0 bridgehead atoms. The molecule has 1 unspecified atom stereocenters. The van der Waals surface area contributed by atoms with Crippen LogP contribution in [0.2, 0.25) is 0 Å². The van der Waals surface area contributed by atoms with Gasteiger partial charge in [0, 0.05) is 39.3 Å². The monoisotopic (exact) mass is 423 g/mol. The third-order valence-electron chi connectivity index (χ3n) is 5.78. The number of hydrogen-bond acceptors (Lipinski definition) is 4. The molecule has 2 aromatic carbocycles. The van der Waals surface area contributed by atoms with Gasteiger partial charge in [-0.2, -0.15) is 0 Å². The van der Waals surface area contributed by atoms with Gasteiger partial charge in [0.1, 0.15) is 5.75 Å². The molecule has 0 radical (unpaired) electrons. The molecule has 0 aliphatic carbocycles. The van der Waals surface area contributed by atoms with Crippen molar-refractivity contribution < 1.29 is 14.3 Å². The zero-order valence-corrected chi connectivity index (χ0v) is 18.8. The zero-order chi connectivity index (χ0) is 22.2. The lowest BCUT2D eigenvalue weighted by molar-refractivity contribution is -0.131. The van der Waals surface area contributed by atoms with Crippen molar-refractivity contribution >= 4 is 17.5 Å². The third-order valence-corrected chi connectivity index (χ3v) is 5.78. The van der Waals surface area contributed by atoms with Gasteiger partial charge in [-0.3, -0.25) is 9.59 Å². The van der Waals surface area contributed by atoms with E-state index >= 15 is 0 Å². The van der Waals surface area contributed by atoms with Crippen molar-refractivity contribution in [3.8, 4) is 5.75 Å². The number of nitrogens with one attached hydrogen (secondary N) is 1. The van der Waals surface area contributed by atoms with E-state index in [4.69, 9.17) is 4.74 Å². The van der Waals surface area contributed by atoms with Gasteiger partial charge in [-0.1, -0.05) is 24.3 Å². The first-order valence-electron chi connectivity index (χ1n) is 10.9. The van der Waals surface area contributed by atoms with Crippen molar-refractivity contribution in [1.29, 1.82) is 0 Å². The maximum absolute atomic E-state index is 12.9. The standard InChI is InChI=1S/C25H33N3O3/c1-19(29)26-24(21-9-13-23(31-3)14-10-21)17-25(30)27(2)18-20-7-11-22(12-8-20)28-15-5-4-6-16-28/h7-14,24H,4-6,15-18H2,1-3H3,(H,26,29). The fourth-order valence-electron chi connectivity index (χ4n) is 3.99. The van der Waals surface area contributed by atoms with Crippen LogP contribution in [-0.2, 0) is 16.1 Å². The maximum Gasteiger partial charge on any atom is 0.225 e. The summed E-state index contributed by atoms with van der Waals surface area (Å²) in [5.74, 6) is 0.556. The number of ether oxygens (including phenoxy) is 1. The van der Waals surface area contributed by atoms with E-state index in [1.165, 1.54) is 31.9 Å². The van der Waals surface area contributed by atoms with Crippen molar-refractivity contribution in [2.45, 2.75) is 45.2 Å². The Labute approximate surface area is 185 Å². The average molecular weight is 424 g/mol. The Balaban J connectivity index is 1.61. The second-order valence-corrected chi connectivity index (χ2v) is 8.19. The van der Waals surface area contributed by atoms with E-state index in [1.807, 2.05) is 24.3 Å². The second kappa shape index (κ2) is 10.8. The SMILES string of the molecule is COc1ccc(C(CC(=O)N(C)Cc2ccc(N3CCCCC3)cc2)NC(C)=O)cc1. The number of carbonyl (C=O) groups is 2. The first kappa shape index (κ1) is 22.7. The minimum Gasteiger partial charge on any atom is -0.497 e. The quantitative estimate of drug-likeness (QED) is 0.699. The number of methoxy groups -OCH3 is 1. The molecule has 1 atom stereocenters. The number of amides is 2. The van der Waals surface area contributed by atoms with Gasteiger partial charge in [0.25, 0.3) is 0 Å². The van der Waals surface area contributed by atoms with Crippen LogP contribution in [0.4, 0.5) is 5.69 Å². The highest BCUT2D eigenvalue weighted by atomic mass is 16.5. The van der Waals surface area contributed by atoms with E-state index in [9.17, 15) is 9.59 Å². The van der Waals surface area contributed by atoms with Gasteiger partial charge < -0.3 is 19.9 Å². The number of benzene rings is 2. The van der Waals surface area contributed by atoms with Gasteiger partial charge in [0.2, 0.25) is 11.8 Å². The molecule has 3 rings (SSSR count). The Morgan fingerprint density at radius 1 is 1.03 bits per heavy atom. The molecule has 0 saturated carbocycles. The van der Waals surface area contributed by atoms with Crippen LogP contribution in [0.25, 0.3) is 0 Å². The number of rotatable bonds is 8. The van der Waals surface area contributed by atoms with Gasteiger partial charge in [-0.15, -0.1) is 0 Å². The highest BCUT2D eigenvalue weighted by Crippen LogP contribution is 2.23. The summed E-state index contributed by atoms with van der Waals surface area (Å²) in [5.41, 5.74) is 3.23. The van der Waals surface area contributed by atoms with Crippen LogP contribution < -0.4 is 15.0 Å². The van der Waals surface area contributed by atoms with Crippen molar-refractivity contribution in [1.82, 2.24) is 10.2 Å². The Hall–Kier alpha value is -3.02. The van der Waals surface area contributed by atoms with Crippen LogP contribution in [-0.4, -0.2) is 44.0 Å². The van der Waals surface area contributed by atoms with Crippen LogP contribution in [0.15, 0.2) is 48.5 Å². The smallest absolute Gasteiger partial charge is 0.225 e. The van der Waals surface area contributed by atoms with E-state index in [0.29, 0.717) is 6.54 Å². The van der Waals surface area contributed by atoms with Crippen LogP contribution in [0, 0.1) is 0 Å². The average Bonchev–Trinajstić information content (AvgIpc) is 2.79. The van der Waals surface area contributed by atoms with Crippen molar-refractivity contribution in [3.05, 3.63) is 59.7 Å². The summed E-state index contributed by atoms with van der Waals surface area (Å²) in [6, 6.07) is 15.6. The lowest BCUT2D eigenvalue weighted by Crippen LogP contribution is -2.33. The Morgan fingerprint density at radius 3 is 2.26 bits per heavy atom. The van der Waals surface area contributed by atoms with Crippen molar-refractivity contribution in [3.63, 3.8) is 0 Å². The molecule has 2 amide bonds. The first-order chi connectivity index (χ1) is 15.0. The Kier molecular flexibility index (Phi) is 7.93. The van der Waals surface area contributed by atoms with Gasteiger partial charge >= 0.3 is 0 Å². The highest BCUT2D eigenvalue weighted by molar-refractivity contribution is 5.79. The number of anilines is 1. The highest BCUT2D eigenvalue weighted by Gasteiger charge is 2.20. The minimum absolute atomic E-state index is 0.0188. The summed E-state index contributed by atoms with van der Waals surface area (Å²) in [6.45, 7) is 4.24. The number of nitrogens with zero attached hydrogens (tertiary/aromatic N) is 2. The summed E-state index contributed by atoms with van der Waals surface area (Å²) in [7, 11) is 3.41. The normalized spacial score (nSPS) is 14.6. The van der Waals surface area contributed by atoms with Crippen LogP contribution >= 0.6 is 0 Å². The zero-order valence-electron chi connectivity index (χ0n) is 18.8. The maximum atomic E-state index is 12.9. The Bertz CT molecular complexity index is 859. The van der Waals surface area contributed by atoms with Crippen LogP contribution in [0.1, 0.15) is 49.8 Å². The summed E-state index contributed by atoms with van der Waals surface area (Å²) >= 11 is 0. The molecule has 1 aliphatic heterocycles. The number of hydrogen-bond donors (Lipinski definition) is 1. The lowest BCUT2D eigenvalue weighted by atomic mass is 10.0. The van der Waals surface area contributed by atoms with Crippen LogP contribution in [0.3, 0.4) is 0 Å². The third kappa shape index (κ3) is 6.48. The fraction of sp³-hybridized carbons (Fsp3) is 0.440. The van der Waals surface area contributed by atoms with E-state index in [-0.39, 0.29) is 24.3 Å². The van der Waals surface area contributed by atoms with E-state index in [1.54, 1.807) is 19.1 Å². The molecule has 166 valence electrons. The van der Waals surface area contributed by atoms with Crippen molar-refractivity contribution in [2.24, 2.45) is 0 Å². The lowest BCUT2D eigenvalue weighted by Gasteiger charge is -2.29. The topological polar surface area (TPSA) is 61.9 Å². The minimum atomic E-state index is -0.375. The predicted octanol–water partition coefficient (Wildman–Crippen LogP) is 3.91. The molecule has 0 aromatic heterocycles. The number of carbonyl (C=O) groups excluding carboxylic acids is 2. The summed E-state index contributed by atoms with van der Waals surface area (Å²) in [5, 5.41) is 2.89. The first-order valence-corrected chi connectivity index (χ1v) is 10.9. The molecule has 1 aliphatic rings. The van der Waals surface area contributed by atoms with Crippen molar-refractivity contribution in [2.75, 3.05) is 32.1 Å². The predicted molar refractivity (Wildman–Crippen MR) is 123 cm³/mol. The number of piperidine rings is 1. The molecule has 1 N–H and O–H groups in total. The largest absolute Gasteiger partial charge is 0.497 e. The molecular weight excluding hydrogens is 390 g/mol. The molecule has 1 heterocycles. The molecule has 6 nitrogen and oxygen atoms in total. The molecule has 6 heteroatoms. The molecule has 0 spiro atoms. The summed E-state index contributed by atoms with van der Waals surface area (Å²) in [6.07, 6.45) is 4.02. The molecule has 31 heavy (non-hydrogen) atoms. The second-order valence-electron chi connectivity index (χ2n) is 8.19. The van der Waals surface area contributed by atoms with Gasteiger partial charge in [-0.05, 0) is 54.7 Å². The van der Waals surface area contributed by atoms with Gasteiger partial charge in [0.15, 0.2) is 0 Å². The van der Waals surface area contributed by atoms with Gasteiger partial charge in [0.05, 0.1) is 19.6 Å². The Morgan fingerprint density at radius 2 is 1.68 bits per heavy atom. The molecule has 1 saturated heterocycles. The molecule has 1 fully saturated rings. The van der Waals surface area contributed by atoms with E-state index < -0.39 is 0 Å².